The van der Waals surface area contributed by atoms with Crippen molar-refractivity contribution in [2.75, 3.05) is 32.7 Å². The van der Waals surface area contributed by atoms with E-state index >= 15 is 0 Å². The highest BCUT2D eigenvalue weighted by Crippen LogP contribution is 2.28. The molecule has 0 spiro atoms. The average molecular weight is 347 g/mol. The van der Waals surface area contributed by atoms with Crippen LogP contribution in [0.25, 0.3) is 0 Å². The van der Waals surface area contributed by atoms with Gasteiger partial charge < -0.3 is 10.2 Å². The Kier molecular flexibility index (Phi) is 6.82. The maximum atomic E-state index is 12.9. The predicted molar refractivity (Wildman–Crippen MR) is 100 cm³/mol. The molecule has 2 saturated heterocycles. The first kappa shape index (κ1) is 17.6. The number of rotatable bonds is 3. The number of hydrogen-bond acceptors (Lipinski definition) is 3. The van der Waals surface area contributed by atoms with Crippen LogP contribution in [0.15, 0.2) is 47.2 Å². The molecule has 2 nitrogen and oxygen atoms in total. The van der Waals surface area contributed by atoms with Gasteiger partial charge in [0.25, 0.3) is 0 Å². The Morgan fingerprint density at radius 3 is 2.29 bits per heavy atom. The maximum absolute atomic E-state index is 12.9. The standard InChI is InChI=1S/C16H23FN2.C4H4S/c17-16-3-1-14(2-4-16)15-6-9-19(10-7-15)12-13-5-8-18-11-13;1-2-4-5-3-1/h1-4,13,15,18H,5-12H2;1-4H/t13-;/m0./s1. The van der Waals surface area contributed by atoms with Crippen LogP contribution in [-0.4, -0.2) is 37.6 Å². The molecule has 2 aromatic rings. The van der Waals surface area contributed by atoms with Gasteiger partial charge in [0, 0.05) is 6.54 Å². The summed E-state index contributed by atoms with van der Waals surface area (Å²) in [6, 6.07) is 11.1. The molecule has 0 radical (unpaired) electrons. The normalized spacial score (nSPS) is 22.1. The van der Waals surface area contributed by atoms with Crippen LogP contribution >= 0.6 is 11.3 Å². The molecule has 4 heteroatoms. The Morgan fingerprint density at radius 2 is 1.75 bits per heavy atom. The van der Waals surface area contributed by atoms with E-state index in [9.17, 15) is 4.39 Å². The van der Waals surface area contributed by atoms with Crippen LogP contribution in [0.5, 0.6) is 0 Å². The number of halogens is 1. The van der Waals surface area contributed by atoms with Crippen LogP contribution in [0.1, 0.15) is 30.7 Å². The van der Waals surface area contributed by atoms with Gasteiger partial charge in [0.05, 0.1) is 0 Å². The van der Waals surface area contributed by atoms with E-state index < -0.39 is 0 Å². The third-order valence-corrected chi connectivity index (χ3v) is 5.66. The van der Waals surface area contributed by atoms with Crippen molar-refractivity contribution < 1.29 is 4.39 Å². The molecule has 24 heavy (non-hydrogen) atoms. The minimum atomic E-state index is -0.130. The quantitative estimate of drug-likeness (QED) is 0.888. The predicted octanol–water partition coefficient (Wildman–Crippen LogP) is 4.36. The zero-order valence-electron chi connectivity index (χ0n) is 14.2. The van der Waals surface area contributed by atoms with Crippen LogP contribution < -0.4 is 5.32 Å². The maximum Gasteiger partial charge on any atom is 0.123 e. The monoisotopic (exact) mass is 346 g/mol. The molecular weight excluding hydrogens is 319 g/mol. The van der Waals surface area contributed by atoms with Gasteiger partial charge in [-0.15, -0.1) is 0 Å². The number of nitrogens with one attached hydrogen (secondary N) is 1. The Hall–Kier alpha value is -1.23. The van der Waals surface area contributed by atoms with E-state index in [1.807, 2.05) is 35.0 Å². The van der Waals surface area contributed by atoms with Gasteiger partial charge in [0.15, 0.2) is 0 Å². The van der Waals surface area contributed by atoms with Gasteiger partial charge in [-0.1, -0.05) is 24.3 Å². The molecule has 1 N–H and O–H groups in total. The van der Waals surface area contributed by atoms with Gasteiger partial charge in [-0.05, 0) is 85.7 Å². The Bertz CT molecular complexity index is 539. The van der Waals surface area contributed by atoms with Crippen LogP contribution in [0.4, 0.5) is 4.39 Å². The second kappa shape index (κ2) is 9.30. The van der Waals surface area contributed by atoms with E-state index in [0.717, 1.165) is 5.92 Å². The van der Waals surface area contributed by atoms with Crippen molar-refractivity contribution in [3.63, 3.8) is 0 Å². The van der Waals surface area contributed by atoms with E-state index in [1.54, 1.807) is 23.5 Å². The highest BCUT2D eigenvalue weighted by Gasteiger charge is 2.23. The van der Waals surface area contributed by atoms with Crippen LogP contribution in [-0.2, 0) is 0 Å². The smallest absolute Gasteiger partial charge is 0.123 e. The van der Waals surface area contributed by atoms with E-state index in [0.29, 0.717) is 5.92 Å². The molecule has 2 aliphatic heterocycles. The lowest BCUT2D eigenvalue weighted by Gasteiger charge is -2.33. The molecule has 1 atom stereocenters. The third kappa shape index (κ3) is 5.40. The van der Waals surface area contributed by atoms with Crippen molar-refractivity contribution in [3.8, 4) is 0 Å². The van der Waals surface area contributed by atoms with Crippen molar-refractivity contribution >= 4 is 11.3 Å². The first-order chi connectivity index (χ1) is 11.8. The summed E-state index contributed by atoms with van der Waals surface area (Å²) in [6.45, 7) is 6.02. The molecule has 0 amide bonds. The number of piperidine rings is 1. The first-order valence-corrected chi connectivity index (χ1v) is 9.91. The van der Waals surface area contributed by atoms with E-state index in [2.05, 4.69) is 10.2 Å². The molecule has 1 aromatic carbocycles. The van der Waals surface area contributed by atoms with Gasteiger partial charge in [-0.25, -0.2) is 4.39 Å². The largest absolute Gasteiger partial charge is 0.316 e. The molecule has 130 valence electrons. The third-order valence-electron chi connectivity index (χ3n) is 5.03. The summed E-state index contributed by atoms with van der Waals surface area (Å²) in [5.41, 5.74) is 1.31. The Balaban J connectivity index is 0.000000290. The molecule has 0 aliphatic carbocycles. The summed E-state index contributed by atoms with van der Waals surface area (Å²) in [6.07, 6.45) is 3.76. The fourth-order valence-electron chi connectivity index (χ4n) is 3.65. The number of thiophene rings is 1. The molecule has 4 rings (SSSR count). The van der Waals surface area contributed by atoms with Crippen molar-refractivity contribution in [3.05, 3.63) is 58.5 Å². The minimum Gasteiger partial charge on any atom is -0.316 e. The van der Waals surface area contributed by atoms with Crippen molar-refractivity contribution in [1.29, 1.82) is 0 Å². The summed E-state index contributed by atoms with van der Waals surface area (Å²) in [4.78, 5) is 2.61. The number of likely N-dealkylation sites (tertiary alicyclic amines) is 1. The van der Waals surface area contributed by atoms with E-state index in [1.165, 1.54) is 57.5 Å². The summed E-state index contributed by atoms with van der Waals surface area (Å²) < 4.78 is 12.9. The summed E-state index contributed by atoms with van der Waals surface area (Å²) in [5.74, 6) is 1.34. The van der Waals surface area contributed by atoms with E-state index in [4.69, 9.17) is 0 Å². The molecule has 0 unspecified atom stereocenters. The highest BCUT2D eigenvalue weighted by molar-refractivity contribution is 7.07. The minimum absolute atomic E-state index is 0.130. The van der Waals surface area contributed by atoms with Gasteiger partial charge >= 0.3 is 0 Å². The SMILES string of the molecule is Fc1ccc(C2CCN(C[C@H]3CCNC3)CC2)cc1.c1ccsc1. The second-order valence-electron chi connectivity index (χ2n) is 6.78. The molecular formula is C20H27FN2S. The average Bonchev–Trinajstić information content (AvgIpc) is 3.33. The number of benzene rings is 1. The molecule has 0 saturated carbocycles. The van der Waals surface area contributed by atoms with Crippen LogP contribution in [0, 0.1) is 11.7 Å². The Morgan fingerprint density at radius 1 is 1.04 bits per heavy atom. The topological polar surface area (TPSA) is 15.3 Å². The van der Waals surface area contributed by atoms with Gasteiger partial charge in [-0.3, -0.25) is 0 Å². The van der Waals surface area contributed by atoms with Crippen molar-refractivity contribution in [1.82, 2.24) is 10.2 Å². The molecule has 0 bridgehead atoms. The number of nitrogens with zero attached hydrogens (tertiary/aromatic N) is 1. The van der Waals surface area contributed by atoms with Gasteiger partial charge in [0.2, 0.25) is 0 Å². The van der Waals surface area contributed by atoms with Crippen molar-refractivity contribution in [2.45, 2.75) is 25.2 Å². The highest BCUT2D eigenvalue weighted by atomic mass is 32.1. The number of hydrogen-bond donors (Lipinski definition) is 1. The summed E-state index contributed by atoms with van der Waals surface area (Å²) in [7, 11) is 0. The fraction of sp³-hybridized carbons (Fsp3) is 0.500. The van der Waals surface area contributed by atoms with Crippen molar-refractivity contribution in [2.24, 2.45) is 5.92 Å². The lowest BCUT2D eigenvalue weighted by molar-refractivity contribution is 0.187. The molecule has 2 fully saturated rings. The lowest BCUT2D eigenvalue weighted by Crippen LogP contribution is -2.37. The first-order valence-electron chi connectivity index (χ1n) is 8.97. The van der Waals surface area contributed by atoms with Crippen LogP contribution in [0.2, 0.25) is 0 Å². The van der Waals surface area contributed by atoms with Gasteiger partial charge in [-0.2, -0.15) is 11.3 Å². The van der Waals surface area contributed by atoms with Gasteiger partial charge in [0.1, 0.15) is 5.82 Å². The summed E-state index contributed by atoms with van der Waals surface area (Å²) in [5, 5.41) is 7.52. The summed E-state index contributed by atoms with van der Waals surface area (Å²) >= 11 is 1.71. The fourth-order valence-corrected chi connectivity index (χ4v) is 4.10. The lowest BCUT2D eigenvalue weighted by atomic mass is 9.89. The molecule has 2 aliphatic rings. The zero-order chi connectivity index (χ0) is 16.6. The second-order valence-corrected chi connectivity index (χ2v) is 7.59. The molecule has 1 aromatic heterocycles. The zero-order valence-corrected chi connectivity index (χ0v) is 15.0. The van der Waals surface area contributed by atoms with Crippen LogP contribution in [0.3, 0.4) is 0 Å². The molecule has 3 heterocycles. The van der Waals surface area contributed by atoms with E-state index in [-0.39, 0.29) is 5.82 Å². The Labute approximate surface area is 148 Å².